The summed E-state index contributed by atoms with van der Waals surface area (Å²) in [4.78, 5) is 48.6. The zero-order chi connectivity index (χ0) is 44.4. The van der Waals surface area contributed by atoms with Crippen molar-refractivity contribution < 1.29 is 61.5 Å². The molecule has 0 fully saturated rings. The van der Waals surface area contributed by atoms with E-state index in [0.29, 0.717) is 36.2 Å². The summed E-state index contributed by atoms with van der Waals surface area (Å²) in [6.07, 6.45) is 21.3. The van der Waals surface area contributed by atoms with E-state index in [4.69, 9.17) is 28.2 Å². The number of quaternary nitrogens is 1. The first-order valence-electron chi connectivity index (χ1n) is 22.5. The van der Waals surface area contributed by atoms with Crippen molar-refractivity contribution in [2.75, 3.05) is 59.4 Å². The van der Waals surface area contributed by atoms with Crippen molar-refractivity contribution in [2.24, 2.45) is 11.8 Å². The van der Waals surface area contributed by atoms with Crippen LogP contribution in [0.3, 0.4) is 0 Å². The van der Waals surface area contributed by atoms with E-state index < -0.39 is 43.5 Å². The molecule has 5 unspecified atom stereocenters. The van der Waals surface area contributed by atoms with Crippen LogP contribution in [0.1, 0.15) is 169 Å². The first-order chi connectivity index (χ1) is 28.1. The van der Waals surface area contributed by atoms with Crippen molar-refractivity contribution in [3.63, 3.8) is 0 Å². The summed E-state index contributed by atoms with van der Waals surface area (Å²) in [5.41, 5.74) is 0. The Hall–Kier alpha value is -1.35. The number of phosphoric acid groups is 1. The van der Waals surface area contributed by atoms with Crippen molar-refractivity contribution in [2.45, 2.75) is 181 Å². The number of hydrogen-bond donors (Lipinski definition) is 2. The minimum atomic E-state index is -4.10. The van der Waals surface area contributed by atoms with E-state index in [1.807, 2.05) is 27.9 Å². The van der Waals surface area contributed by atoms with Gasteiger partial charge in [-0.3, -0.25) is 32.7 Å². The highest BCUT2D eigenvalue weighted by atomic mass is 33.1. The number of likely N-dealkylation sites (N-methyl/N-ethyl adjacent to an activating group) is 1. The van der Waals surface area contributed by atoms with Crippen molar-refractivity contribution in [1.82, 2.24) is 0 Å². The van der Waals surface area contributed by atoms with Crippen LogP contribution in [0, 0.1) is 11.8 Å². The van der Waals surface area contributed by atoms with Gasteiger partial charge in [-0.05, 0) is 19.8 Å². The lowest BCUT2D eigenvalue weighted by Crippen LogP contribution is -2.43. The van der Waals surface area contributed by atoms with Crippen LogP contribution in [-0.2, 0) is 46.8 Å². The maximum atomic E-state index is 13.7. The number of aliphatic carboxylic acids is 2. The fourth-order valence-electron chi connectivity index (χ4n) is 6.16. The number of carboxylic acid groups (broad SMARTS) is 2. The van der Waals surface area contributed by atoms with Gasteiger partial charge >= 0.3 is 31.7 Å². The maximum absolute atomic E-state index is 13.7. The van der Waals surface area contributed by atoms with Gasteiger partial charge in [0.2, 0.25) is 0 Å². The maximum Gasteiger partial charge on any atom is 0.475 e. The van der Waals surface area contributed by atoms with Gasteiger partial charge in [0.05, 0.1) is 57.9 Å². The summed E-state index contributed by atoms with van der Waals surface area (Å²) >= 11 is 0. The smallest absolute Gasteiger partial charge is 0.475 e. The van der Waals surface area contributed by atoms with Crippen LogP contribution in [0.15, 0.2) is 0 Å². The Kier molecular flexibility index (Phi) is 35.3. The quantitative estimate of drug-likeness (QED) is 0.0195. The molecule has 0 spiro atoms. The number of carboxylic acids is 2. The molecule has 0 aromatic carbocycles. The number of nitrogens with zero attached hydrogens (tertiary/aromatic N) is 1. The fraction of sp³-hybridized carbons (Fsp3) is 0.907. The van der Waals surface area contributed by atoms with Gasteiger partial charge in [-0.1, -0.05) is 165 Å². The highest BCUT2D eigenvalue weighted by molar-refractivity contribution is 8.77. The van der Waals surface area contributed by atoms with E-state index in [1.54, 1.807) is 6.92 Å². The summed E-state index contributed by atoms with van der Waals surface area (Å²) < 4.78 is 42.4. The van der Waals surface area contributed by atoms with E-state index in [0.717, 1.165) is 49.3 Å². The second kappa shape index (κ2) is 36.2. The molecule has 0 aliphatic carbocycles. The molecular formula is C43H83NO12PS2+. The molecule has 59 heavy (non-hydrogen) atoms. The Morgan fingerprint density at radius 3 is 1.61 bits per heavy atom. The number of esters is 2. The molecule has 2 N–H and O–H groups in total. The molecule has 348 valence electrons. The minimum absolute atomic E-state index is 0.00440. The van der Waals surface area contributed by atoms with E-state index in [-0.39, 0.29) is 44.2 Å². The summed E-state index contributed by atoms with van der Waals surface area (Å²) in [6, 6.07) is 0. The number of hydrogen-bond acceptors (Lipinski definition) is 12. The van der Waals surface area contributed by atoms with Crippen molar-refractivity contribution in [1.29, 1.82) is 0 Å². The van der Waals surface area contributed by atoms with Gasteiger partial charge < -0.3 is 24.2 Å². The van der Waals surface area contributed by atoms with Crippen LogP contribution in [-0.4, -0.2) is 109 Å². The summed E-state index contributed by atoms with van der Waals surface area (Å²) in [5.74, 6) is -3.30. The Labute approximate surface area is 365 Å². The molecule has 16 heteroatoms. The molecule has 0 aliphatic heterocycles. The van der Waals surface area contributed by atoms with Gasteiger partial charge in [0, 0.05) is 0 Å². The van der Waals surface area contributed by atoms with Gasteiger partial charge in [0.1, 0.15) is 25.0 Å². The largest absolute Gasteiger partial charge is 0.481 e. The highest BCUT2D eigenvalue weighted by Gasteiger charge is 2.32. The van der Waals surface area contributed by atoms with Crippen molar-refractivity contribution >= 4 is 53.3 Å². The molecule has 0 bridgehead atoms. The average Bonchev–Trinajstić information content (AvgIpc) is 3.18. The molecule has 0 aliphatic rings. The Morgan fingerprint density at radius 1 is 0.644 bits per heavy atom. The first kappa shape index (κ1) is 57.6. The highest BCUT2D eigenvalue weighted by Crippen LogP contribution is 2.49. The van der Waals surface area contributed by atoms with E-state index in [1.165, 1.54) is 87.8 Å². The SMILES string of the molecule is CCCCCCCCCCCC(C)C(=O)OCC(COP(=O)(OCC)OCC[N+](C)(C)CCSSC(CC(=O)O)C(=O)O)OC(=O)C(C)CCCCCCCCCCC. The topological polar surface area (TPSA) is 172 Å². The third-order valence-corrected chi connectivity index (χ3v) is 14.5. The third-order valence-electron chi connectivity index (χ3n) is 10.2. The van der Waals surface area contributed by atoms with Gasteiger partial charge in [-0.25, -0.2) is 4.57 Å². The summed E-state index contributed by atoms with van der Waals surface area (Å²) in [5, 5.41) is 17.2. The van der Waals surface area contributed by atoms with Gasteiger partial charge in [-0.15, -0.1) is 0 Å². The number of rotatable bonds is 42. The molecule has 0 aromatic heterocycles. The normalized spacial score (nSPS) is 14.9. The molecule has 0 rings (SSSR count). The number of unbranched alkanes of at least 4 members (excludes halogenated alkanes) is 16. The van der Waals surface area contributed by atoms with Crippen molar-refractivity contribution in [3.8, 4) is 0 Å². The predicted octanol–water partition coefficient (Wildman–Crippen LogP) is 11.1. The molecule has 0 saturated carbocycles. The second-order valence-corrected chi connectivity index (χ2v) is 20.8. The van der Waals surface area contributed by atoms with Gasteiger partial charge in [-0.2, -0.15) is 0 Å². The molecule has 0 aromatic rings. The number of phosphoric ester groups is 1. The molecular weight excluding hydrogens is 818 g/mol. The van der Waals surface area contributed by atoms with Gasteiger partial charge in [0.25, 0.3) is 0 Å². The van der Waals surface area contributed by atoms with Crippen LogP contribution < -0.4 is 0 Å². The zero-order valence-corrected chi connectivity index (χ0v) is 40.3. The first-order valence-corrected chi connectivity index (χ1v) is 26.4. The molecule has 0 radical (unpaired) electrons. The van der Waals surface area contributed by atoms with E-state index in [2.05, 4.69) is 13.8 Å². The minimum Gasteiger partial charge on any atom is -0.481 e. The van der Waals surface area contributed by atoms with Crippen LogP contribution in [0.5, 0.6) is 0 Å². The monoisotopic (exact) mass is 901 g/mol. The van der Waals surface area contributed by atoms with Crippen LogP contribution >= 0.6 is 29.4 Å². The summed E-state index contributed by atoms with van der Waals surface area (Å²) in [6.45, 7) is 10.2. The fourth-order valence-corrected chi connectivity index (χ4v) is 9.94. The molecule has 0 heterocycles. The lowest BCUT2D eigenvalue weighted by Gasteiger charge is -2.30. The number of carbonyl (C=O) groups excluding carboxylic acids is 2. The second-order valence-electron chi connectivity index (χ2n) is 16.4. The van der Waals surface area contributed by atoms with Crippen LogP contribution in [0.25, 0.3) is 0 Å². The Bertz CT molecular complexity index is 1160. The molecule has 0 amide bonds. The molecule has 5 atom stereocenters. The Balaban J connectivity index is 5.25. The average molecular weight is 901 g/mol. The number of carbonyl (C=O) groups is 4. The third kappa shape index (κ3) is 33.0. The molecule has 13 nitrogen and oxygen atoms in total. The lowest BCUT2D eigenvalue weighted by molar-refractivity contribution is -0.887. The molecule has 0 saturated heterocycles. The standard InChI is InChI=1S/C43H82NO12PS2/c1-8-11-13-15-17-19-21-23-25-27-36(4)42(49)52-34-38(56-43(50)37(5)28-26-24-22-20-18-16-14-12-9-2)35-55-57(51,53-10-3)54-31-29-44(6,7)30-32-58-59-39(41(47)48)33-40(45)46/h36-39H,8-35H2,1-7H3,(H-,45,46,47,48)/p+1. The van der Waals surface area contributed by atoms with Crippen LogP contribution in [0.4, 0.5) is 0 Å². The van der Waals surface area contributed by atoms with Crippen LogP contribution in [0.2, 0.25) is 0 Å². The van der Waals surface area contributed by atoms with E-state index >= 15 is 0 Å². The van der Waals surface area contributed by atoms with E-state index in [9.17, 15) is 28.8 Å². The number of ether oxygens (including phenoxy) is 2. The Morgan fingerprint density at radius 2 is 1.14 bits per heavy atom. The summed E-state index contributed by atoms with van der Waals surface area (Å²) in [7, 11) is 2.06. The van der Waals surface area contributed by atoms with Crippen molar-refractivity contribution in [3.05, 3.63) is 0 Å². The van der Waals surface area contributed by atoms with Gasteiger partial charge in [0.15, 0.2) is 6.10 Å². The zero-order valence-electron chi connectivity index (χ0n) is 37.8. The lowest BCUT2D eigenvalue weighted by atomic mass is 10.0. The predicted molar refractivity (Wildman–Crippen MR) is 240 cm³/mol.